The van der Waals surface area contributed by atoms with Crippen molar-refractivity contribution in [2.45, 2.75) is 19.5 Å². The van der Waals surface area contributed by atoms with Gasteiger partial charge in [0, 0.05) is 50.8 Å². The van der Waals surface area contributed by atoms with E-state index < -0.39 is 0 Å². The summed E-state index contributed by atoms with van der Waals surface area (Å²) in [6.07, 6.45) is 1.63. The van der Waals surface area contributed by atoms with Crippen molar-refractivity contribution in [3.8, 4) is 0 Å². The second-order valence-corrected chi connectivity index (χ2v) is 7.31. The molecular weight excluding hydrogens is 333 g/mol. The molecule has 0 unspecified atom stereocenters. The number of rotatable bonds is 3. The molecule has 1 aromatic heterocycles. The third kappa shape index (κ3) is 3.05. The molecule has 0 radical (unpaired) electrons. The number of hydrogen-bond donors (Lipinski definition) is 1. The Bertz CT molecular complexity index is 881. The molecule has 3 heterocycles. The predicted octanol–water partition coefficient (Wildman–Crippen LogP) is 2.17. The molecule has 0 aliphatic carbocycles. The highest BCUT2D eigenvalue weighted by molar-refractivity contribution is 5.74. The molecule has 6 heteroatoms. The number of fused-ring (bicyclic) bond motifs is 1. The van der Waals surface area contributed by atoms with Gasteiger partial charge in [0.1, 0.15) is 5.82 Å². The normalized spacial score (nSPS) is 25.5. The summed E-state index contributed by atoms with van der Waals surface area (Å²) >= 11 is 0. The van der Waals surface area contributed by atoms with Crippen LogP contribution in [0, 0.1) is 17.7 Å². The van der Waals surface area contributed by atoms with Crippen LogP contribution in [0.2, 0.25) is 0 Å². The first-order chi connectivity index (χ1) is 12.5. The van der Waals surface area contributed by atoms with E-state index in [-0.39, 0.29) is 29.2 Å². The van der Waals surface area contributed by atoms with Gasteiger partial charge in [0.05, 0.1) is 6.04 Å². The number of carbonyl (C=O) groups excluding carboxylic acids is 1. The minimum Gasteiger partial charge on any atom is -0.335 e. The van der Waals surface area contributed by atoms with E-state index in [2.05, 4.69) is 9.88 Å². The number of aromatic amines is 1. The number of likely N-dealkylation sites (tertiary alicyclic amines) is 2. The number of carbonyl (C=O) groups is 1. The second kappa shape index (κ2) is 6.68. The summed E-state index contributed by atoms with van der Waals surface area (Å²) in [7, 11) is 0. The molecule has 2 fully saturated rings. The van der Waals surface area contributed by atoms with Gasteiger partial charge in [0.2, 0.25) is 5.91 Å². The Morgan fingerprint density at radius 2 is 2.08 bits per heavy atom. The fourth-order valence-electron chi connectivity index (χ4n) is 4.53. The predicted molar refractivity (Wildman–Crippen MR) is 95.8 cm³/mol. The smallest absolute Gasteiger partial charge is 0.252 e. The summed E-state index contributed by atoms with van der Waals surface area (Å²) in [5.74, 6) is 0.346. The molecule has 2 saturated heterocycles. The average Bonchev–Trinajstić information content (AvgIpc) is 3.14. The standard InChI is InChI=1S/C20H22FN3O2/c1-13(25)24-11-16-10-23(9-15-5-3-7-22-20(15)26)12-18(16)19(24)14-4-2-6-17(21)8-14/h2-8,16,18-19H,9-12H2,1H3,(H,22,26)/t16-,18-,19+/m1/s1. The SMILES string of the molecule is CC(=O)N1C[C@H]2CN(Cc3ccc[nH]c3=O)C[C@H]2[C@@H]1c1cccc(F)c1. The molecule has 3 atom stereocenters. The molecule has 5 nitrogen and oxygen atoms in total. The molecule has 1 amide bonds. The van der Waals surface area contributed by atoms with Crippen molar-refractivity contribution in [2.24, 2.45) is 11.8 Å². The van der Waals surface area contributed by atoms with Crippen LogP contribution in [0.15, 0.2) is 47.4 Å². The minimum absolute atomic E-state index is 0.0275. The van der Waals surface area contributed by atoms with Crippen molar-refractivity contribution >= 4 is 5.91 Å². The lowest BCUT2D eigenvalue weighted by Crippen LogP contribution is -2.34. The van der Waals surface area contributed by atoms with Crippen LogP contribution in [0.25, 0.3) is 0 Å². The van der Waals surface area contributed by atoms with Crippen LogP contribution in [0.5, 0.6) is 0 Å². The monoisotopic (exact) mass is 355 g/mol. The maximum absolute atomic E-state index is 13.7. The molecule has 2 aliphatic rings. The molecule has 0 bridgehead atoms. The van der Waals surface area contributed by atoms with Crippen LogP contribution in [0.4, 0.5) is 4.39 Å². The number of aromatic nitrogens is 1. The van der Waals surface area contributed by atoms with Crippen LogP contribution >= 0.6 is 0 Å². The first-order valence-corrected chi connectivity index (χ1v) is 8.94. The van der Waals surface area contributed by atoms with E-state index in [0.717, 1.165) is 24.2 Å². The van der Waals surface area contributed by atoms with E-state index in [0.29, 0.717) is 19.0 Å². The molecular formula is C20H22FN3O2. The van der Waals surface area contributed by atoms with Crippen molar-refractivity contribution in [1.29, 1.82) is 0 Å². The summed E-state index contributed by atoms with van der Waals surface area (Å²) in [6.45, 7) is 4.50. The Kier molecular flexibility index (Phi) is 4.36. The van der Waals surface area contributed by atoms with E-state index in [1.165, 1.54) is 12.1 Å². The van der Waals surface area contributed by atoms with E-state index in [9.17, 15) is 14.0 Å². The first kappa shape index (κ1) is 17.0. The molecule has 26 heavy (non-hydrogen) atoms. The zero-order valence-electron chi connectivity index (χ0n) is 14.7. The summed E-state index contributed by atoms with van der Waals surface area (Å²) in [4.78, 5) is 30.9. The van der Waals surface area contributed by atoms with Gasteiger partial charge >= 0.3 is 0 Å². The molecule has 1 aromatic carbocycles. The third-order valence-corrected chi connectivity index (χ3v) is 5.63. The minimum atomic E-state index is -0.278. The topological polar surface area (TPSA) is 56.4 Å². The lowest BCUT2D eigenvalue weighted by molar-refractivity contribution is -0.130. The first-order valence-electron chi connectivity index (χ1n) is 8.94. The fraction of sp³-hybridized carbons (Fsp3) is 0.400. The highest BCUT2D eigenvalue weighted by Crippen LogP contribution is 2.45. The maximum Gasteiger partial charge on any atom is 0.252 e. The van der Waals surface area contributed by atoms with Crippen molar-refractivity contribution in [1.82, 2.24) is 14.8 Å². The summed E-state index contributed by atoms with van der Waals surface area (Å²) < 4.78 is 13.7. The van der Waals surface area contributed by atoms with Gasteiger partial charge in [-0.2, -0.15) is 0 Å². The zero-order chi connectivity index (χ0) is 18.3. The van der Waals surface area contributed by atoms with Gasteiger partial charge in [0.15, 0.2) is 0 Å². The van der Waals surface area contributed by atoms with E-state index >= 15 is 0 Å². The molecule has 1 N–H and O–H groups in total. The van der Waals surface area contributed by atoms with E-state index in [4.69, 9.17) is 0 Å². The van der Waals surface area contributed by atoms with Crippen LogP contribution in [0.1, 0.15) is 24.1 Å². The zero-order valence-corrected chi connectivity index (χ0v) is 14.7. The van der Waals surface area contributed by atoms with Crippen LogP contribution in [-0.4, -0.2) is 40.3 Å². The number of amides is 1. The van der Waals surface area contributed by atoms with Crippen LogP contribution < -0.4 is 5.56 Å². The van der Waals surface area contributed by atoms with Crippen molar-refractivity contribution in [3.05, 3.63) is 69.9 Å². The number of halogens is 1. The largest absolute Gasteiger partial charge is 0.335 e. The van der Waals surface area contributed by atoms with Crippen molar-refractivity contribution < 1.29 is 9.18 Å². The quantitative estimate of drug-likeness (QED) is 0.918. The number of nitrogens with zero attached hydrogens (tertiary/aromatic N) is 2. The van der Waals surface area contributed by atoms with E-state index in [1.807, 2.05) is 23.1 Å². The fourth-order valence-corrected chi connectivity index (χ4v) is 4.53. The van der Waals surface area contributed by atoms with Gasteiger partial charge in [-0.05, 0) is 29.7 Å². The molecule has 0 spiro atoms. The van der Waals surface area contributed by atoms with Crippen molar-refractivity contribution in [3.63, 3.8) is 0 Å². The van der Waals surface area contributed by atoms with Crippen LogP contribution in [-0.2, 0) is 11.3 Å². The van der Waals surface area contributed by atoms with Gasteiger partial charge < -0.3 is 9.88 Å². The van der Waals surface area contributed by atoms with Gasteiger partial charge in [-0.3, -0.25) is 14.5 Å². The summed E-state index contributed by atoms with van der Waals surface area (Å²) in [6, 6.07) is 10.1. The van der Waals surface area contributed by atoms with E-state index in [1.54, 1.807) is 19.2 Å². The second-order valence-electron chi connectivity index (χ2n) is 7.31. The third-order valence-electron chi connectivity index (χ3n) is 5.63. The van der Waals surface area contributed by atoms with Crippen molar-refractivity contribution in [2.75, 3.05) is 19.6 Å². The number of nitrogens with one attached hydrogen (secondary N) is 1. The maximum atomic E-state index is 13.7. The lowest BCUT2D eigenvalue weighted by Gasteiger charge is -2.29. The van der Waals surface area contributed by atoms with Gasteiger partial charge in [-0.25, -0.2) is 4.39 Å². The Hall–Kier alpha value is -2.47. The summed E-state index contributed by atoms with van der Waals surface area (Å²) in [5, 5.41) is 0. The molecule has 2 aromatic rings. The number of H-pyrrole nitrogens is 1. The molecule has 2 aliphatic heterocycles. The highest BCUT2D eigenvalue weighted by Gasteiger charge is 2.48. The summed E-state index contributed by atoms with van der Waals surface area (Å²) in [5.41, 5.74) is 1.54. The lowest BCUT2D eigenvalue weighted by atomic mass is 9.89. The molecule has 4 rings (SSSR count). The van der Waals surface area contributed by atoms with Gasteiger partial charge in [-0.1, -0.05) is 18.2 Å². The highest BCUT2D eigenvalue weighted by atomic mass is 19.1. The average molecular weight is 355 g/mol. The van der Waals surface area contributed by atoms with Gasteiger partial charge in [0.25, 0.3) is 5.56 Å². The Morgan fingerprint density at radius 1 is 1.23 bits per heavy atom. The molecule has 0 saturated carbocycles. The Balaban J connectivity index is 1.57. The number of benzene rings is 1. The van der Waals surface area contributed by atoms with Crippen LogP contribution in [0.3, 0.4) is 0 Å². The number of pyridine rings is 1. The molecule has 136 valence electrons. The Morgan fingerprint density at radius 3 is 2.81 bits per heavy atom. The number of hydrogen-bond acceptors (Lipinski definition) is 3. The van der Waals surface area contributed by atoms with Gasteiger partial charge in [-0.15, -0.1) is 0 Å². The Labute approximate surface area is 151 Å².